The van der Waals surface area contributed by atoms with E-state index in [0.717, 1.165) is 5.56 Å². The van der Waals surface area contributed by atoms with E-state index in [1.165, 1.54) is 5.56 Å². The van der Waals surface area contributed by atoms with Crippen molar-refractivity contribution in [3.63, 3.8) is 0 Å². The Morgan fingerprint density at radius 1 is 1.46 bits per heavy atom. The van der Waals surface area contributed by atoms with Crippen molar-refractivity contribution in [3.8, 4) is 0 Å². The van der Waals surface area contributed by atoms with Gasteiger partial charge in [-0.15, -0.1) is 0 Å². The lowest BCUT2D eigenvalue weighted by Gasteiger charge is -2.03. The SMILES string of the molecule is CCC(=O)OCc1cccc(C)c1. The molecule has 70 valence electrons. The third-order valence-electron chi connectivity index (χ3n) is 1.77. The van der Waals surface area contributed by atoms with Gasteiger partial charge in [-0.2, -0.15) is 0 Å². The van der Waals surface area contributed by atoms with Gasteiger partial charge in [-0.25, -0.2) is 0 Å². The smallest absolute Gasteiger partial charge is 0.305 e. The molecular formula is C11H14O2. The first-order valence-corrected chi connectivity index (χ1v) is 4.43. The summed E-state index contributed by atoms with van der Waals surface area (Å²) in [7, 11) is 0. The average Bonchev–Trinajstić information content (AvgIpc) is 2.14. The number of rotatable bonds is 3. The molecule has 0 atom stereocenters. The second kappa shape index (κ2) is 4.65. The van der Waals surface area contributed by atoms with Gasteiger partial charge in [0.1, 0.15) is 6.61 Å². The summed E-state index contributed by atoms with van der Waals surface area (Å²) in [6, 6.07) is 7.95. The lowest BCUT2D eigenvalue weighted by atomic mass is 10.1. The van der Waals surface area contributed by atoms with Crippen molar-refractivity contribution in [2.75, 3.05) is 0 Å². The number of aryl methyl sites for hydroxylation is 1. The van der Waals surface area contributed by atoms with E-state index in [2.05, 4.69) is 0 Å². The van der Waals surface area contributed by atoms with Crippen molar-refractivity contribution in [2.45, 2.75) is 26.9 Å². The van der Waals surface area contributed by atoms with Crippen LogP contribution in [0.5, 0.6) is 0 Å². The molecule has 13 heavy (non-hydrogen) atoms. The van der Waals surface area contributed by atoms with Crippen molar-refractivity contribution in [2.24, 2.45) is 0 Å². The van der Waals surface area contributed by atoms with Crippen molar-refractivity contribution < 1.29 is 9.53 Å². The van der Waals surface area contributed by atoms with Crippen molar-refractivity contribution in [3.05, 3.63) is 35.4 Å². The van der Waals surface area contributed by atoms with E-state index < -0.39 is 0 Å². The van der Waals surface area contributed by atoms with Crippen LogP contribution in [0, 0.1) is 6.92 Å². The summed E-state index contributed by atoms with van der Waals surface area (Å²) in [4.78, 5) is 10.8. The van der Waals surface area contributed by atoms with Gasteiger partial charge in [0, 0.05) is 6.42 Å². The van der Waals surface area contributed by atoms with Crippen molar-refractivity contribution >= 4 is 5.97 Å². The molecule has 0 aliphatic heterocycles. The molecule has 0 spiro atoms. The highest BCUT2D eigenvalue weighted by Crippen LogP contribution is 2.05. The molecule has 2 heteroatoms. The minimum Gasteiger partial charge on any atom is -0.461 e. The van der Waals surface area contributed by atoms with Gasteiger partial charge < -0.3 is 4.74 Å². The van der Waals surface area contributed by atoms with Crippen LogP contribution < -0.4 is 0 Å². The van der Waals surface area contributed by atoms with Crippen LogP contribution in [-0.2, 0) is 16.1 Å². The van der Waals surface area contributed by atoms with Crippen molar-refractivity contribution in [1.29, 1.82) is 0 Å². The second-order valence-electron chi connectivity index (χ2n) is 3.00. The Kier molecular flexibility index (Phi) is 3.50. The molecule has 0 unspecified atom stereocenters. The highest BCUT2D eigenvalue weighted by atomic mass is 16.5. The van der Waals surface area contributed by atoms with Gasteiger partial charge in [0.2, 0.25) is 0 Å². The number of esters is 1. The van der Waals surface area contributed by atoms with E-state index in [0.29, 0.717) is 13.0 Å². The molecule has 0 N–H and O–H groups in total. The zero-order chi connectivity index (χ0) is 9.68. The number of benzene rings is 1. The number of ether oxygens (including phenoxy) is 1. The van der Waals surface area contributed by atoms with Gasteiger partial charge in [-0.1, -0.05) is 36.8 Å². The number of carbonyl (C=O) groups is 1. The maximum Gasteiger partial charge on any atom is 0.305 e. The van der Waals surface area contributed by atoms with E-state index in [1.807, 2.05) is 31.2 Å². The Labute approximate surface area is 78.5 Å². The predicted octanol–water partition coefficient (Wildman–Crippen LogP) is 2.45. The maximum atomic E-state index is 10.8. The Morgan fingerprint density at radius 3 is 2.85 bits per heavy atom. The summed E-state index contributed by atoms with van der Waals surface area (Å²) < 4.78 is 4.99. The minimum absolute atomic E-state index is 0.151. The molecule has 0 radical (unpaired) electrons. The van der Waals surface area contributed by atoms with Crippen molar-refractivity contribution in [1.82, 2.24) is 0 Å². The minimum atomic E-state index is -0.151. The highest BCUT2D eigenvalue weighted by molar-refractivity contribution is 5.68. The normalized spacial score (nSPS) is 9.69. The third kappa shape index (κ3) is 3.28. The van der Waals surface area contributed by atoms with E-state index in [9.17, 15) is 4.79 Å². The van der Waals surface area contributed by atoms with E-state index in [-0.39, 0.29) is 5.97 Å². The van der Waals surface area contributed by atoms with Crippen LogP contribution >= 0.6 is 0 Å². The van der Waals surface area contributed by atoms with Crippen LogP contribution in [0.3, 0.4) is 0 Å². The summed E-state index contributed by atoms with van der Waals surface area (Å²) in [6.07, 6.45) is 0.436. The van der Waals surface area contributed by atoms with Gasteiger partial charge in [0.05, 0.1) is 0 Å². The molecule has 0 aliphatic rings. The quantitative estimate of drug-likeness (QED) is 0.664. The fraction of sp³-hybridized carbons (Fsp3) is 0.364. The molecule has 1 rings (SSSR count). The summed E-state index contributed by atoms with van der Waals surface area (Å²) in [5, 5.41) is 0. The van der Waals surface area contributed by atoms with Crippen LogP contribution in [0.25, 0.3) is 0 Å². The standard InChI is InChI=1S/C11H14O2/c1-3-11(12)13-8-10-6-4-5-9(2)7-10/h4-7H,3,8H2,1-2H3. The van der Waals surface area contributed by atoms with Gasteiger partial charge >= 0.3 is 5.97 Å². The van der Waals surface area contributed by atoms with Gasteiger partial charge in [-0.05, 0) is 12.5 Å². The zero-order valence-corrected chi connectivity index (χ0v) is 8.04. The molecule has 0 amide bonds. The fourth-order valence-electron chi connectivity index (χ4n) is 1.07. The monoisotopic (exact) mass is 178 g/mol. The summed E-state index contributed by atoms with van der Waals surface area (Å²) in [6.45, 7) is 4.19. The molecule has 0 fully saturated rings. The zero-order valence-electron chi connectivity index (χ0n) is 8.04. The maximum absolute atomic E-state index is 10.8. The van der Waals surface area contributed by atoms with Crippen LogP contribution in [0.4, 0.5) is 0 Å². The molecule has 1 aromatic carbocycles. The topological polar surface area (TPSA) is 26.3 Å². The lowest BCUT2D eigenvalue weighted by molar-refractivity contribution is -0.144. The highest BCUT2D eigenvalue weighted by Gasteiger charge is 1.98. The molecule has 0 aliphatic carbocycles. The Morgan fingerprint density at radius 2 is 2.23 bits per heavy atom. The molecule has 0 bridgehead atoms. The molecule has 0 aromatic heterocycles. The summed E-state index contributed by atoms with van der Waals surface area (Å²) in [5.74, 6) is -0.151. The van der Waals surface area contributed by atoms with Gasteiger partial charge in [0.15, 0.2) is 0 Å². The first-order valence-electron chi connectivity index (χ1n) is 4.43. The van der Waals surface area contributed by atoms with E-state index in [1.54, 1.807) is 6.92 Å². The first kappa shape index (κ1) is 9.78. The molecular weight excluding hydrogens is 164 g/mol. The number of hydrogen-bond donors (Lipinski definition) is 0. The van der Waals surface area contributed by atoms with Crippen LogP contribution in [-0.4, -0.2) is 5.97 Å². The molecule has 0 saturated heterocycles. The van der Waals surface area contributed by atoms with E-state index in [4.69, 9.17) is 4.74 Å². The molecule has 1 aromatic rings. The van der Waals surface area contributed by atoms with Gasteiger partial charge in [0.25, 0.3) is 0 Å². The van der Waals surface area contributed by atoms with Crippen LogP contribution in [0.2, 0.25) is 0 Å². The fourth-order valence-corrected chi connectivity index (χ4v) is 1.07. The average molecular weight is 178 g/mol. The van der Waals surface area contributed by atoms with Gasteiger partial charge in [-0.3, -0.25) is 4.79 Å². The number of hydrogen-bond acceptors (Lipinski definition) is 2. The Hall–Kier alpha value is -1.31. The van der Waals surface area contributed by atoms with E-state index >= 15 is 0 Å². The number of carbonyl (C=O) groups excluding carboxylic acids is 1. The first-order chi connectivity index (χ1) is 6.22. The predicted molar refractivity (Wildman–Crippen MR) is 51.3 cm³/mol. The molecule has 0 saturated carbocycles. The summed E-state index contributed by atoms with van der Waals surface area (Å²) in [5.41, 5.74) is 2.23. The lowest BCUT2D eigenvalue weighted by Crippen LogP contribution is -2.02. The largest absolute Gasteiger partial charge is 0.461 e. The third-order valence-corrected chi connectivity index (χ3v) is 1.77. The summed E-state index contributed by atoms with van der Waals surface area (Å²) >= 11 is 0. The van der Waals surface area contributed by atoms with Crippen LogP contribution in [0.15, 0.2) is 24.3 Å². The van der Waals surface area contributed by atoms with Crippen LogP contribution in [0.1, 0.15) is 24.5 Å². The molecule has 2 nitrogen and oxygen atoms in total. The Bertz CT molecular complexity index is 292. The Balaban J connectivity index is 2.50. The second-order valence-corrected chi connectivity index (χ2v) is 3.00. The molecule has 0 heterocycles.